The number of aliphatic hydroxyl groups is 1. The average molecular weight is 423 g/mol. The molecule has 5 N–H and O–H groups in total. The normalized spacial score (nSPS) is 24.2. The quantitative estimate of drug-likeness (QED) is 0.497. The largest absolute Gasteiger partial charge is 0.389 e. The molecule has 2 aliphatic carbocycles. The van der Waals surface area contributed by atoms with E-state index in [9.17, 15) is 14.7 Å². The van der Waals surface area contributed by atoms with Gasteiger partial charge < -0.3 is 16.6 Å². The Kier molecular flexibility index (Phi) is 6.07. The summed E-state index contributed by atoms with van der Waals surface area (Å²) in [5, 5.41) is 14.3. The van der Waals surface area contributed by atoms with Crippen LogP contribution in [-0.2, 0) is 9.59 Å². The van der Waals surface area contributed by atoms with Gasteiger partial charge in [-0.2, -0.15) is 0 Å². The van der Waals surface area contributed by atoms with Gasteiger partial charge in [-0.3, -0.25) is 9.59 Å². The highest BCUT2D eigenvalue weighted by atomic mass is 16.3. The first kappa shape index (κ1) is 21.8. The maximum absolute atomic E-state index is 12.8. The van der Waals surface area contributed by atoms with Gasteiger partial charge in [-0.1, -0.05) is 81.0 Å². The molecule has 2 aliphatic rings. The lowest BCUT2D eigenvalue weighted by molar-refractivity contribution is -0.150. The topological polar surface area (TPSA) is 106 Å². The highest BCUT2D eigenvalue weighted by molar-refractivity contribution is 6.04. The van der Waals surface area contributed by atoms with Crippen LogP contribution in [0.4, 0.5) is 0 Å². The van der Waals surface area contributed by atoms with Crippen molar-refractivity contribution in [2.45, 2.75) is 75.7 Å². The van der Waals surface area contributed by atoms with Crippen molar-refractivity contribution in [2.24, 2.45) is 22.8 Å². The van der Waals surface area contributed by atoms with Crippen molar-refractivity contribution < 1.29 is 14.7 Å². The van der Waals surface area contributed by atoms with Crippen LogP contribution in [-0.4, -0.2) is 22.5 Å². The molecule has 1 unspecified atom stereocenters. The minimum Gasteiger partial charge on any atom is -0.389 e. The fourth-order valence-electron chi connectivity index (χ4n) is 6.44. The molecule has 0 aliphatic heterocycles. The van der Waals surface area contributed by atoms with Crippen molar-refractivity contribution in [1.82, 2.24) is 0 Å². The van der Waals surface area contributed by atoms with Gasteiger partial charge in [0.1, 0.15) is 5.41 Å². The summed E-state index contributed by atoms with van der Waals surface area (Å²) in [5.74, 6) is -2.08. The third kappa shape index (κ3) is 3.73. The first-order valence-electron chi connectivity index (χ1n) is 11.7. The van der Waals surface area contributed by atoms with E-state index >= 15 is 0 Å². The van der Waals surface area contributed by atoms with Crippen LogP contribution in [0.5, 0.6) is 0 Å². The lowest BCUT2D eigenvalue weighted by atomic mass is 9.55. The number of carbonyl (C=O) groups is 2. The Morgan fingerprint density at radius 2 is 1.45 bits per heavy atom. The average Bonchev–Trinajstić information content (AvgIpc) is 2.99. The second kappa shape index (κ2) is 8.62. The lowest BCUT2D eigenvalue weighted by Gasteiger charge is -2.49. The summed E-state index contributed by atoms with van der Waals surface area (Å²) in [7, 11) is 0. The Balaban J connectivity index is 1.96. The molecule has 0 heterocycles. The van der Waals surface area contributed by atoms with Crippen LogP contribution in [0.15, 0.2) is 42.5 Å². The van der Waals surface area contributed by atoms with Gasteiger partial charge in [-0.25, -0.2) is 0 Å². The van der Waals surface area contributed by atoms with Crippen molar-refractivity contribution in [1.29, 1.82) is 0 Å². The molecule has 31 heavy (non-hydrogen) atoms. The SMILES string of the molecule is NC(=O)C1(C(N)=O)CCCCC1[C@@H](c1cccc2ccccc12)C1(O)CCCCCC1. The number of rotatable bonds is 5. The monoisotopic (exact) mass is 422 g/mol. The summed E-state index contributed by atoms with van der Waals surface area (Å²) in [6.07, 6.45) is 8.01. The van der Waals surface area contributed by atoms with Crippen LogP contribution in [0.2, 0.25) is 0 Å². The number of fused-ring (bicyclic) bond motifs is 1. The standard InChI is InChI=1S/C26H34N2O3/c27-23(29)26(24(28)30)17-8-5-14-21(26)22(25(31)15-6-1-2-7-16-25)20-13-9-11-18-10-3-4-12-19(18)20/h3-4,9-13,21-22,31H,1-2,5-8,14-17H2,(H2,27,29)(H2,28,30)/t21?,22-/m1/s1. The number of nitrogens with two attached hydrogens (primary N) is 2. The van der Waals surface area contributed by atoms with Crippen molar-refractivity contribution in [3.8, 4) is 0 Å². The number of benzene rings is 2. The number of carbonyl (C=O) groups excluding carboxylic acids is 2. The molecule has 2 amide bonds. The van der Waals surface area contributed by atoms with E-state index in [1.54, 1.807) is 0 Å². The van der Waals surface area contributed by atoms with E-state index in [1.165, 1.54) is 0 Å². The van der Waals surface area contributed by atoms with Gasteiger partial charge in [0.2, 0.25) is 11.8 Å². The van der Waals surface area contributed by atoms with E-state index in [0.29, 0.717) is 25.7 Å². The predicted molar refractivity (Wildman–Crippen MR) is 122 cm³/mol. The van der Waals surface area contributed by atoms with Crippen LogP contribution < -0.4 is 11.5 Å². The summed E-state index contributed by atoms with van der Waals surface area (Å²) in [5.41, 5.74) is 10.4. The zero-order chi connectivity index (χ0) is 22.1. The molecular weight excluding hydrogens is 388 g/mol. The molecule has 0 spiro atoms. The maximum atomic E-state index is 12.8. The van der Waals surface area contributed by atoms with E-state index in [4.69, 9.17) is 11.5 Å². The minimum absolute atomic E-state index is 0.361. The molecule has 2 saturated carbocycles. The number of amides is 2. The number of hydrogen-bond acceptors (Lipinski definition) is 3. The van der Waals surface area contributed by atoms with Crippen LogP contribution in [0.3, 0.4) is 0 Å². The number of primary amides is 2. The second-order valence-corrected chi connectivity index (χ2v) is 9.62. The summed E-state index contributed by atoms with van der Waals surface area (Å²) < 4.78 is 0. The number of hydrogen-bond donors (Lipinski definition) is 3. The first-order valence-corrected chi connectivity index (χ1v) is 11.7. The zero-order valence-electron chi connectivity index (χ0n) is 18.2. The Hall–Kier alpha value is -2.40. The Bertz CT molecular complexity index is 943. The second-order valence-electron chi connectivity index (χ2n) is 9.62. The predicted octanol–water partition coefficient (Wildman–Crippen LogP) is 4.16. The van der Waals surface area contributed by atoms with Crippen molar-refractivity contribution in [3.05, 3.63) is 48.0 Å². The zero-order valence-corrected chi connectivity index (χ0v) is 18.2. The summed E-state index contributed by atoms with van der Waals surface area (Å²) in [6.45, 7) is 0. The van der Waals surface area contributed by atoms with Crippen LogP contribution in [0, 0.1) is 11.3 Å². The molecule has 0 bridgehead atoms. The molecular formula is C26H34N2O3. The molecule has 0 radical (unpaired) electrons. The first-order chi connectivity index (χ1) is 14.9. The molecule has 2 aromatic rings. The smallest absolute Gasteiger partial charge is 0.233 e. The van der Waals surface area contributed by atoms with Gasteiger partial charge in [0.25, 0.3) is 0 Å². The van der Waals surface area contributed by atoms with Crippen LogP contribution >= 0.6 is 0 Å². The third-order valence-corrected chi connectivity index (χ3v) is 7.96. The lowest BCUT2D eigenvalue weighted by Crippen LogP contribution is -2.58. The van der Waals surface area contributed by atoms with Gasteiger partial charge in [-0.15, -0.1) is 0 Å². The molecule has 4 rings (SSSR count). The van der Waals surface area contributed by atoms with Crippen LogP contribution in [0.25, 0.3) is 10.8 Å². The minimum atomic E-state index is -1.43. The third-order valence-electron chi connectivity index (χ3n) is 7.96. The summed E-state index contributed by atoms with van der Waals surface area (Å²) >= 11 is 0. The van der Waals surface area contributed by atoms with Crippen molar-refractivity contribution >= 4 is 22.6 Å². The van der Waals surface area contributed by atoms with Gasteiger partial charge >= 0.3 is 0 Å². The molecule has 0 aromatic heterocycles. The fourth-order valence-corrected chi connectivity index (χ4v) is 6.44. The van der Waals surface area contributed by atoms with E-state index < -0.39 is 28.7 Å². The van der Waals surface area contributed by atoms with Gasteiger partial charge in [0, 0.05) is 5.92 Å². The Labute approximate surface area is 184 Å². The van der Waals surface area contributed by atoms with Gasteiger partial charge in [0.15, 0.2) is 0 Å². The van der Waals surface area contributed by atoms with Crippen LogP contribution in [0.1, 0.15) is 75.7 Å². The molecule has 5 nitrogen and oxygen atoms in total. The van der Waals surface area contributed by atoms with Crippen molar-refractivity contribution in [2.75, 3.05) is 0 Å². The molecule has 166 valence electrons. The van der Waals surface area contributed by atoms with Gasteiger partial charge in [-0.05, 0) is 47.9 Å². The highest BCUT2D eigenvalue weighted by Crippen LogP contribution is 2.55. The molecule has 2 aromatic carbocycles. The maximum Gasteiger partial charge on any atom is 0.233 e. The van der Waals surface area contributed by atoms with E-state index in [2.05, 4.69) is 24.3 Å². The fraction of sp³-hybridized carbons (Fsp3) is 0.538. The molecule has 2 fully saturated rings. The molecule has 0 saturated heterocycles. The van der Waals surface area contributed by atoms with E-state index in [-0.39, 0.29) is 5.92 Å². The van der Waals surface area contributed by atoms with Crippen molar-refractivity contribution in [3.63, 3.8) is 0 Å². The van der Waals surface area contributed by atoms with E-state index in [0.717, 1.165) is 54.9 Å². The Morgan fingerprint density at radius 1 is 0.839 bits per heavy atom. The molecule has 5 heteroatoms. The van der Waals surface area contributed by atoms with E-state index in [1.807, 2.05) is 18.2 Å². The Morgan fingerprint density at radius 3 is 2.13 bits per heavy atom. The van der Waals surface area contributed by atoms with Gasteiger partial charge in [0.05, 0.1) is 5.60 Å². The highest BCUT2D eigenvalue weighted by Gasteiger charge is 2.57. The summed E-state index contributed by atoms with van der Waals surface area (Å²) in [4.78, 5) is 25.6. The summed E-state index contributed by atoms with van der Waals surface area (Å²) in [6, 6.07) is 14.2. The molecule has 2 atom stereocenters.